The van der Waals surface area contributed by atoms with Gasteiger partial charge in [0.25, 0.3) is 0 Å². The topological polar surface area (TPSA) is 69.2 Å². The van der Waals surface area contributed by atoms with Gasteiger partial charge in [-0.2, -0.15) is 17.6 Å². The SMILES string of the molecule is CC(C)(O)C(NC(=O)c1[nH]cc2c(F)ccc[n+]12)C(F)(F)F. The maximum atomic E-state index is 13.5. The molecule has 0 aliphatic carbocycles. The van der Waals surface area contributed by atoms with Crippen molar-refractivity contribution >= 4 is 11.4 Å². The number of halogens is 4. The van der Waals surface area contributed by atoms with Gasteiger partial charge in [0.15, 0.2) is 11.9 Å². The first-order valence-electron chi connectivity index (χ1n) is 6.29. The summed E-state index contributed by atoms with van der Waals surface area (Å²) >= 11 is 0. The number of carbonyl (C=O) groups excluding carboxylic acids is 1. The molecule has 0 saturated heterocycles. The van der Waals surface area contributed by atoms with E-state index >= 15 is 0 Å². The first-order chi connectivity index (χ1) is 10.0. The highest BCUT2D eigenvalue weighted by Crippen LogP contribution is 2.28. The van der Waals surface area contributed by atoms with Crippen LogP contribution in [0.25, 0.3) is 5.52 Å². The van der Waals surface area contributed by atoms with Crippen molar-refractivity contribution in [3.63, 3.8) is 0 Å². The molecule has 2 heterocycles. The van der Waals surface area contributed by atoms with Crippen molar-refractivity contribution in [1.82, 2.24) is 10.3 Å². The van der Waals surface area contributed by atoms with Gasteiger partial charge < -0.3 is 10.4 Å². The smallest absolute Gasteiger partial charge is 0.388 e. The Bertz CT molecular complexity index is 689. The van der Waals surface area contributed by atoms with E-state index in [1.165, 1.54) is 12.3 Å². The van der Waals surface area contributed by atoms with Crippen LogP contribution in [0.2, 0.25) is 0 Å². The highest BCUT2D eigenvalue weighted by Gasteiger charge is 2.50. The molecule has 22 heavy (non-hydrogen) atoms. The van der Waals surface area contributed by atoms with Crippen molar-refractivity contribution in [1.29, 1.82) is 0 Å². The van der Waals surface area contributed by atoms with Crippen molar-refractivity contribution in [3.05, 3.63) is 36.2 Å². The number of hydrogen-bond donors (Lipinski definition) is 3. The molecule has 0 aliphatic rings. The van der Waals surface area contributed by atoms with Crippen LogP contribution in [-0.4, -0.2) is 33.8 Å². The van der Waals surface area contributed by atoms with Crippen molar-refractivity contribution < 1.29 is 31.9 Å². The Morgan fingerprint density at radius 1 is 1.41 bits per heavy atom. The summed E-state index contributed by atoms with van der Waals surface area (Å²) in [5.41, 5.74) is -2.20. The summed E-state index contributed by atoms with van der Waals surface area (Å²) in [4.78, 5) is 14.5. The Morgan fingerprint density at radius 2 is 2.05 bits per heavy atom. The minimum absolute atomic E-state index is 0.0134. The van der Waals surface area contributed by atoms with Crippen LogP contribution in [0.4, 0.5) is 17.6 Å². The van der Waals surface area contributed by atoms with Crippen LogP contribution in [0.1, 0.15) is 24.5 Å². The molecular weight excluding hydrogens is 306 g/mol. The Morgan fingerprint density at radius 3 is 2.59 bits per heavy atom. The fourth-order valence-corrected chi connectivity index (χ4v) is 2.07. The summed E-state index contributed by atoms with van der Waals surface area (Å²) in [5, 5.41) is 11.3. The summed E-state index contributed by atoms with van der Waals surface area (Å²) in [7, 11) is 0. The van der Waals surface area contributed by atoms with Gasteiger partial charge in [-0.25, -0.2) is 9.37 Å². The molecule has 3 N–H and O–H groups in total. The molecule has 5 nitrogen and oxygen atoms in total. The summed E-state index contributed by atoms with van der Waals surface area (Å²) in [6, 6.07) is -0.00953. The monoisotopic (exact) mass is 320 g/mol. The van der Waals surface area contributed by atoms with Gasteiger partial charge in [0.2, 0.25) is 5.52 Å². The second-order valence-electron chi connectivity index (χ2n) is 5.35. The largest absolute Gasteiger partial charge is 0.411 e. The first kappa shape index (κ1) is 16.2. The molecule has 9 heteroatoms. The van der Waals surface area contributed by atoms with Crippen LogP contribution in [-0.2, 0) is 0 Å². The van der Waals surface area contributed by atoms with Gasteiger partial charge in [0.1, 0.15) is 6.20 Å². The Labute approximate surface area is 122 Å². The third kappa shape index (κ3) is 3.03. The van der Waals surface area contributed by atoms with Crippen LogP contribution in [0.15, 0.2) is 24.5 Å². The lowest BCUT2D eigenvalue weighted by molar-refractivity contribution is -0.515. The molecule has 2 aromatic heterocycles. The minimum Gasteiger partial charge on any atom is -0.388 e. The van der Waals surface area contributed by atoms with Crippen LogP contribution in [0.3, 0.4) is 0 Å². The molecule has 0 fully saturated rings. The molecule has 0 spiro atoms. The number of fused-ring (bicyclic) bond motifs is 1. The van der Waals surface area contributed by atoms with E-state index in [2.05, 4.69) is 4.98 Å². The summed E-state index contributed by atoms with van der Waals surface area (Å²) < 4.78 is 53.4. The van der Waals surface area contributed by atoms with E-state index in [1.54, 1.807) is 5.32 Å². The number of nitrogens with one attached hydrogen (secondary N) is 2. The van der Waals surface area contributed by atoms with Gasteiger partial charge in [-0.3, -0.25) is 4.79 Å². The van der Waals surface area contributed by atoms with Gasteiger partial charge in [-0.05, 0) is 26.0 Å². The van der Waals surface area contributed by atoms with E-state index < -0.39 is 29.5 Å². The molecule has 0 saturated carbocycles. The summed E-state index contributed by atoms with van der Waals surface area (Å²) in [6.45, 7) is 1.87. The fourth-order valence-electron chi connectivity index (χ4n) is 2.07. The molecule has 0 aliphatic heterocycles. The number of amides is 1. The van der Waals surface area contributed by atoms with E-state index in [-0.39, 0.29) is 11.3 Å². The number of pyridine rings is 1. The predicted molar refractivity (Wildman–Crippen MR) is 67.5 cm³/mol. The lowest BCUT2D eigenvalue weighted by Crippen LogP contribution is -2.58. The highest BCUT2D eigenvalue weighted by molar-refractivity contribution is 5.89. The standard InChI is InChI=1S/C13H13F4N3O2/c1-12(2,22)11(13(15,16)17)19-10(21)9-18-6-8-7(14)4-3-5-20(8)9/h3-6,11,22H,1-2H3,(H,19,21)/p+1. The van der Waals surface area contributed by atoms with Crippen molar-refractivity contribution in [2.45, 2.75) is 31.7 Å². The zero-order valence-electron chi connectivity index (χ0n) is 11.7. The molecule has 0 bridgehead atoms. The van der Waals surface area contributed by atoms with Crippen molar-refractivity contribution in [2.75, 3.05) is 0 Å². The third-order valence-electron chi connectivity index (χ3n) is 3.09. The molecule has 2 aromatic rings. The predicted octanol–water partition coefficient (Wildman–Crippen LogP) is 1.32. The highest BCUT2D eigenvalue weighted by atomic mass is 19.4. The molecule has 0 radical (unpaired) electrons. The van der Waals surface area contributed by atoms with Crippen LogP contribution in [0.5, 0.6) is 0 Å². The molecule has 0 aromatic carbocycles. The second kappa shape index (κ2) is 5.24. The van der Waals surface area contributed by atoms with E-state index in [9.17, 15) is 27.5 Å². The number of rotatable bonds is 3. The third-order valence-corrected chi connectivity index (χ3v) is 3.09. The van der Waals surface area contributed by atoms with Gasteiger partial charge in [-0.1, -0.05) is 0 Å². The van der Waals surface area contributed by atoms with E-state index in [0.717, 1.165) is 30.5 Å². The first-order valence-corrected chi connectivity index (χ1v) is 6.29. The zero-order chi connectivity index (χ0) is 16.7. The summed E-state index contributed by atoms with van der Waals surface area (Å²) in [6.07, 6.45) is -2.35. The molecule has 120 valence electrons. The quantitative estimate of drug-likeness (QED) is 0.590. The number of hydrogen-bond acceptors (Lipinski definition) is 2. The minimum atomic E-state index is -4.84. The number of alkyl halides is 3. The van der Waals surface area contributed by atoms with E-state index in [0.29, 0.717) is 0 Å². The average Bonchev–Trinajstić information content (AvgIpc) is 2.78. The number of aliphatic hydroxyl groups is 1. The number of H-pyrrole nitrogens is 1. The van der Waals surface area contributed by atoms with Crippen molar-refractivity contribution in [3.8, 4) is 0 Å². The fraction of sp³-hybridized carbons (Fsp3) is 0.385. The Balaban J connectivity index is 2.36. The average molecular weight is 320 g/mol. The summed E-state index contributed by atoms with van der Waals surface area (Å²) in [5.74, 6) is -2.03. The lowest BCUT2D eigenvalue weighted by atomic mass is 9.98. The molecule has 1 amide bonds. The van der Waals surface area contributed by atoms with Crippen molar-refractivity contribution in [2.24, 2.45) is 0 Å². The lowest BCUT2D eigenvalue weighted by Gasteiger charge is -2.31. The maximum absolute atomic E-state index is 13.5. The van der Waals surface area contributed by atoms with Gasteiger partial charge >= 0.3 is 17.9 Å². The van der Waals surface area contributed by atoms with E-state index in [1.807, 2.05) is 0 Å². The molecule has 1 unspecified atom stereocenters. The Kier molecular flexibility index (Phi) is 3.86. The number of nitrogens with zero attached hydrogens (tertiary/aromatic N) is 1. The maximum Gasteiger partial charge on any atom is 0.411 e. The second-order valence-corrected chi connectivity index (χ2v) is 5.35. The molecule has 2 rings (SSSR count). The molecular formula is C13H14F4N3O2+. The van der Waals surface area contributed by atoms with Gasteiger partial charge in [-0.15, -0.1) is 0 Å². The zero-order valence-corrected chi connectivity index (χ0v) is 11.7. The van der Waals surface area contributed by atoms with Crippen LogP contribution < -0.4 is 9.72 Å². The number of aromatic amines is 1. The Hall–Kier alpha value is -2.16. The number of aromatic nitrogens is 2. The van der Waals surface area contributed by atoms with Gasteiger partial charge in [0.05, 0.1) is 11.8 Å². The normalized spacial score (nSPS) is 14.1. The van der Waals surface area contributed by atoms with Crippen LogP contribution >= 0.6 is 0 Å². The number of carbonyl (C=O) groups is 1. The molecule has 1 atom stereocenters. The van der Waals surface area contributed by atoms with E-state index in [4.69, 9.17) is 0 Å². The van der Waals surface area contributed by atoms with Gasteiger partial charge in [0, 0.05) is 0 Å². The number of imidazole rings is 1. The van der Waals surface area contributed by atoms with Crippen LogP contribution in [0, 0.1) is 5.82 Å².